The molecule has 0 amide bonds. The molecular weight excluding hydrogens is 312 g/mol. The van der Waals surface area contributed by atoms with Crippen molar-refractivity contribution in [2.75, 3.05) is 10.5 Å². The largest absolute Gasteiger partial charge is 0.396 e. The van der Waals surface area contributed by atoms with Crippen LogP contribution >= 0.6 is 11.6 Å². The molecule has 1 aromatic carbocycles. The maximum atomic E-state index is 13.8. The fourth-order valence-corrected chi connectivity index (χ4v) is 2.89. The van der Waals surface area contributed by atoms with Crippen LogP contribution in [0.2, 0.25) is 5.02 Å². The lowest BCUT2D eigenvalue weighted by molar-refractivity contribution is 0.572. The van der Waals surface area contributed by atoms with Crippen LogP contribution in [0.1, 0.15) is 0 Å². The lowest BCUT2D eigenvalue weighted by Crippen LogP contribution is -2.15. The first-order valence-corrected chi connectivity index (χ1v) is 7.04. The van der Waals surface area contributed by atoms with Gasteiger partial charge < -0.3 is 5.73 Å². The van der Waals surface area contributed by atoms with E-state index in [-0.39, 0.29) is 10.7 Å². The van der Waals surface area contributed by atoms with Crippen LogP contribution in [0.25, 0.3) is 0 Å². The first-order chi connectivity index (χ1) is 9.29. The van der Waals surface area contributed by atoms with E-state index in [2.05, 4.69) is 4.98 Å². The van der Waals surface area contributed by atoms with Crippen LogP contribution in [0.3, 0.4) is 0 Å². The van der Waals surface area contributed by atoms with E-state index >= 15 is 0 Å². The summed E-state index contributed by atoms with van der Waals surface area (Å²) in [5.41, 5.74) is 4.90. The summed E-state index contributed by atoms with van der Waals surface area (Å²) in [7, 11) is -4.25. The Hall–Kier alpha value is -1.93. The van der Waals surface area contributed by atoms with Gasteiger partial charge in [-0.2, -0.15) is 4.39 Å². The number of halogens is 3. The highest BCUT2D eigenvalue weighted by atomic mass is 35.5. The Morgan fingerprint density at radius 2 is 1.95 bits per heavy atom. The number of nitrogens with zero attached hydrogens (tertiary/aromatic N) is 1. The molecule has 0 saturated heterocycles. The molecule has 0 atom stereocenters. The quantitative estimate of drug-likeness (QED) is 0.672. The molecule has 0 saturated carbocycles. The zero-order valence-corrected chi connectivity index (χ0v) is 11.3. The summed E-state index contributed by atoms with van der Waals surface area (Å²) in [6.45, 7) is 0. The van der Waals surface area contributed by atoms with Gasteiger partial charge in [-0.25, -0.2) is 17.8 Å². The molecule has 2 rings (SSSR count). The van der Waals surface area contributed by atoms with Crippen molar-refractivity contribution >= 4 is 33.0 Å². The average molecular weight is 320 g/mol. The van der Waals surface area contributed by atoms with E-state index in [1.54, 1.807) is 0 Å². The Morgan fingerprint density at radius 1 is 1.25 bits per heavy atom. The van der Waals surface area contributed by atoms with Gasteiger partial charge in [0.2, 0.25) is 5.95 Å². The van der Waals surface area contributed by atoms with E-state index in [1.807, 2.05) is 4.72 Å². The topological polar surface area (TPSA) is 85.1 Å². The van der Waals surface area contributed by atoms with Crippen molar-refractivity contribution < 1.29 is 17.2 Å². The van der Waals surface area contributed by atoms with Crippen molar-refractivity contribution in [3.63, 3.8) is 0 Å². The first kappa shape index (κ1) is 14.5. The summed E-state index contributed by atoms with van der Waals surface area (Å²) in [5.74, 6) is -1.89. The van der Waals surface area contributed by atoms with E-state index in [0.717, 1.165) is 30.5 Å². The van der Waals surface area contributed by atoms with Crippen LogP contribution in [-0.4, -0.2) is 13.4 Å². The second-order valence-electron chi connectivity index (χ2n) is 3.78. The van der Waals surface area contributed by atoms with E-state index < -0.39 is 32.4 Å². The van der Waals surface area contributed by atoms with Crippen molar-refractivity contribution in [3.8, 4) is 0 Å². The molecule has 0 spiro atoms. The van der Waals surface area contributed by atoms with Crippen molar-refractivity contribution in [1.29, 1.82) is 0 Å². The molecule has 9 heteroatoms. The second-order valence-corrected chi connectivity index (χ2v) is 5.87. The first-order valence-electron chi connectivity index (χ1n) is 5.18. The van der Waals surface area contributed by atoms with Crippen LogP contribution in [0, 0.1) is 11.8 Å². The van der Waals surface area contributed by atoms with E-state index in [0.29, 0.717) is 0 Å². The van der Waals surface area contributed by atoms with Crippen LogP contribution in [0.5, 0.6) is 0 Å². The van der Waals surface area contributed by atoms with Crippen molar-refractivity contribution in [1.82, 2.24) is 4.98 Å². The predicted molar refractivity (Wildman–Crippen MR) is 70.8 cm³/mol. The summed E-state index contributed by atoms with van der Waals surface area (Å²) >= 11 is 5.65. The maximum Gasteiger partial charge on any atom is 0.265 e. The number of hydrogen-bond acceptors (Lipinski definition) is 4. The third-order valence-electron chi connectivity index (χ3n) is 2.30. The van der Waals surface area contributed by atoms with Gasteiger partial charge in [0.25, 0.3) is 10.0 Å². The van der Waals surface area contributed by atoms with Crippen molar-refractivity contribution in [2.45, 2.75) is 4.90 Å². The highest BCUT2D eigenvalue weighted by molar-refractivity contribution is 7.92. The number of nitrogen functional groups attached to an aromatic ring is 1. The molecule has 0 aliphatic carbocycles. The van der Waals surface area contributed by atoms with E-state index in [4.69, 9.17) is 17.3 Å². The number of rotatable bonds is 3. The Kier molecular flexibility index (Phi) is 3.78. The van der Waals surface area contributed by atoms with Crippen LogP contribution in [0.15, 0.2) is 35.4 Å². The summed E-state index contributed by atoms with van der Waals surface area (Å²) in [4.78, 5) is 2.57. The van der Waals surface area contributed by atoms with Gasteiger partial charge in [0.15, 0.2) is 5.82 Å². The Labute approximate surface area is 118 Å². The third-order valence-corrected chi connectivity index (χ3v) is 3.90. The van der Waals surface area contributed by atoms with Gasteiger partial charge in [0.1, 0.15) is 4.90 Å². The summed E-state index contributed by atoms with van der Waals surface area (Å²) < 4.78 is 52.5. The summed E-state index contributed by atoms with van der Waals surface area (Å²) in [5, 5.41) is -0.0264. The minimum absolute atomic E-state index is 0.0238. The summed E-state index contributed by atoms with van der Waals surface area (Å²) in [6, 6.07) is 4.12. The Bertz CT molecular complexity index is 751. The van der Waals surface area contributed by atoms with E-state index in [9.17, 15) is 17.2 Å². The van der Waals surface area contributed by atoms with Gasteiger partial charge >= 0.3 is 0 Å². The minimum atomic E-state index is -4.25. The zero-order chi connectivity index (χ0) is 14.9. The van der Waals surface area contributed by atoms with Crippen LogP contribution < -0.4 is 10.5 Å². The lowest BCUT2D eigenvalue weighted by Gasteiger charge is -2.10. The molecule has 2 aromatic rings. The van der Waals surface area contributed by atoms with Crippen molar-refractivity contribution in [2.24, 2.45) is 0 Å². The number of aromatic nitrogens is 1. The van der Waals surface area contributed by atoms with Crippen LogP contribution in [0.4, 0.5) is 20.2 Å². The number of anilines is 2. The molecule has 1 heterocycles. The van der Waals surface area contributed by atoms with Gasteiger partial charge in [-0.1, -0.05) is 11.6 Å². The minimum Gasteiger partial charge on any atom is -0.396 e. The Balaban J connectivity index is 2.43. The van der Waals surface area contributed by atoms with Gasteiger partial charge in [0.05, 0.1) is 17.6 Å². The molecule has 0 unspecified atom stereocenters. The molecule has 20 heavy (non-hydrogen) atoms. The lowest BCUT2D eigenvalue weighted by atomic mass is 10.3. The smallest absolute Gasteiger partial charge is 0.265 e. The number of sulfonamides is 1. The van der Waals surface area contributed by atoms with Gasteiger partial charge in [-0.05, 0) is 24.3 Å². The molecule has 0 aliphatic heterocycles. The molecule has 0 radical (unpaired) electrons. The number of nitrogens with two attached hydrogens (primary N) is 1. The fraction of sp³-hybridized carbons (Fsp3) is 0. The average Bonchev–Trinajstić information content (AvgIpc) is 2.36. The highest BCUT2D eigenvalue weighted by Gasteiger charge is 2.22. The van der Waals surface area contributed by atoms with Gasteiger partial charge in [0, 0.05) is 5.02 Å². The number of pyridine rings is 1. The number of hydrogen-bond donors (Lipinski definition) is 2. The highest BCUT2D eigenvalue weighted by Crippen LogP contribution is 2.26. The Morgan fingerprint density at radius 3 is 2.55 bits per heavy atom. The van der Waals surface area contributed by atoms with Crippen molar-refractivity contribution in [3.05, 3.63) is 47.2 Å². The molecule has 0 fully saturated rings. The molecule has 1 aromatic heterocycles. The van der Waals surface area contributed by atoms with E-state index in [1.165, 1.54) is 0 Å². The molecule has 3 N–H and O–H groups in total. The predicted octanol–water partition coefficient (Wildman–Crippen LogP) is 2.40. The number of benzene rings is 1. The monoisotopic (exact) mass is 319 g/mol. The fourth-order valence-electron chi connectivity index (χ4n) is 1.43. The van der Waals surface area contributed by atoms with Crippen LogP contribution in [-0.2, 0) is 10.0 Å². The normalized spacial score (nSPS) is 11.3. The molecule has 0 aliphatic rings. The molecule has 106 valence electrons. The second kappa shape index (κ2) is 5.22. The van der Waals surface area contributed by atoms with Gasteiger partial charge in [-0.3, -0.25) is 4.72 Å². The molecule has 0 bridgehead atoms. The molecular formula is C11H8ClF2N3O2S. The molecule has 5 nitrogen and oxygen atoms in total. The third kappa shape index (κ3) is 2.97. The van der Waals surface area contributed by atoms with Gasteiger partial charge in [-0.15, -0.1) is 0 Å². The zero-order valence-electron chi connectivity index (χ0n) is 9.77. The number of nitrogens with one attached hydrogen (secondary N) is 1. The SMILES string of the molecule is Nc1cc(Cl)cc(S(=O)(=O)Nc2ccc(F)nc2)c1F. The standard InChI is InChI=1S/C11H8ClF2N3O2S/c12-6-3-8(15)11(14)9(4-6)20(18,19)17-7-1-2-10(13)16-5-7/h1-5,17H,15H2. The maximum absolute atomic E-state index is 13.8. The summed E-state index contributed by atoms with van der Waals surface area (Å²) in [6.07, 6.45) is 0.957.